The molecule has 0 amide bonds. The lowest BCUT2D eigenvalue weighted by Gasteiger charge is -2.46. The molecule has 1 saturated carbocycles. The second-order valence-corrected chi connectivity index (χ2v) is 10.1. The molecular formula is C25H34N2O7. The lowest BCUT2D eigenvalue weighted by molar-refractivity contribution is -0.0246. The van der Waals surface area contributed by atoms with Crippen molar-refractivity contribution >= 4 is 5.97 Å². The summed E-state index contributed by atoms with van der Waals surface area (Å²) >= 11 is 0. The van der Waals surface area contributed by atoms with E-state index in [-0.39, 0.29) is 17.0 Å². The number of methoxy groups -OCH3 is 2. The fraction of sp³-hybridized carbons (Fsp3) is 0.600. The Labute approximate surface area is 199 Å². The van der Waals surface area contributed by atoms with Crippen LogP contribution in [0, 0.1) is 5.41 Å². The van der Waals surface area contributed by atoms with Gasteiger partial charge >= 0.3 is 5.97 Å². The molecule has 1 aromatic rings. The number of carboxylic acid groups (broad SMARTS) is 1. The summed E-state index contributed by atoms with van der Waals surface area (Å²) < 4.78 is 25.1. The minimum atomic E-state index is -1.22. The first kappa shape index (κ1) is 24.2. The molecule has 2 aliphatic heterocycles. The van der Waals surface area contributed by atoms with Crippen molar-refractivity contribution in [3.63, 3.8) is 0 Å². The Morgan fingerprint density at radius 1 is 1.24 bits per heavy atom. The SMILES string of the molecule is COCCCOC1=C(OC)N(C)C2C(=C1)OC(C(C)(C)C)c1cc(C(=O)O)c(=O)n(C3CC3)c12. The van der Waals surface area contributed by atoms with E-state index >= 15 is 0 Å². The molecule has 1 aromatic heterocycles. The van der Waals surface area contributed by atoms with Gasteiger partial charge < -0.3 is 33.5 Å². The molecule has 34 heavy (non-hydrogen) atoms. The highest BCUT2D eigenvalue weighted by Crippen LogP contribution is 2.52. The van der Waals surface area contributed by atoms with Crippen molar-refractivity contribution in [2.75, 3.05) is 34.5 Å². The summed E-state index contributed by atoms with van der Waals surface area (Å²) in [6.07, 6.45) is 3.80. The number of rotatable bonds is 8. The second kappa shape index (κ2) is 9.02. The average molecular weight is 475 g/mol. The maximum absolute atomic E-state index is 13.3. The van der Waals surface area contributed by atoms with Crippen LogP contribution < -0.4 is 5.56 Å². The number of pyridine rings is 1. The van der Waals surface area contributed by atoms with Gasteiger partial charge in [-0.05, 0) is 18.9 Å². The molecule has 0 bridgehead atoms. The van der Waals surface area contributed by atoms with Crippen LogP contribution in [0.25, 0.3) is 0 Å². The molecule has 9 nitrogen and oxygen atoms in total. The molecule has 0 spiro atoms. The number of hydrogen-bond donors (Lipinski definition) is 1. The van der Waals surface area contributed by atoms with E-state index in [4.69, 9.17) is 18.9 Å². The third-order valence-corrected chi connectivity index (χ3v) is 6.43. The molecule has 3 heterocycles. The van der Waals surface area contributed by atoms with E-state index in [0.717, 1.165) is 30.5 Å². The molecule has 2 atom stereocenters. The van der Waals surface area contributed by atoms with Gasteiger partial charge in [-0.2, -0.15) is 0 Å². The van der Waals surface area contributed by atoms with Gasteiger partial charge in [-0.1, -0.05) is 20.8 Å². The van der Waals surface area contributed by atoms with E-state index < -0.39 is 23.7 Å². The Balaban J connectivity index is 1.90. The van der Waals surface area contributed by atoms with Crippen molar-refractivity contribution in [3.8, 4) is 0 Å². The lowest BCUT2D eigenvalue weighted by Crippen LogP contribution is -2.43. The zero-order chi connectivity index (χ0) is 24.8. The number of carbonyl (C=O) groups is 1. The number of carboxylic acids is 1. The molecule has 4 rings (SSSR count). The van der Waals surface area contributed by atoms with E-state index in [0.29, 0.717) is 30.6 Å². The van der Waals surface area contributed by atoms with Crippen LogP contribution in [-0.4, -0.2) is 55.0 Å². The summed E-state index contributed by atoms with van der Waals surface area (Å²) in [7, 11) is 5.09. The Bertz CT molecular complexity index is 1090. The van der Waals surface area contributed by atoms with Crippen molar-refractivity contribution in [1.82, 2.24) is 9.47 Å². The van der Waals surface area contributed by atoms with E-state index in [1.807, 2.05) is 38.8 Å². The van der Waals surface area contributed by atoms with Crippen LogP contribution in [0.3, 0.4) is 0 Å². The third kappa shape index (κ3) is 4.17. The van der Waals surface area contributed by atoms with Crippen LogP contribution in [0.4, 0.5) is 0 Å². The van der Waals surface area contributed by atoms with Gasteiger partial charge in [-0.15, -0.1) is 0 Å². The van der Waals surface area contributed by atoms with Crippen molar-refractivity contribution in [3.05, 3.63) is 56.7 Å². The number of aromatic carboxylic acids is 1. The number of nitrogens with zero attached hydrogens (tertiary/aromatic N) is 2. The average Bonchev–Trinajstić information content (AvgIpc) is 3.59. The van der Waals surface area contributed by atoms with Gasteiger partial charge in [0.2, 0.25) is 5.88 Å². The molecule has 3 aliphatic rings. The molecule has 1 N–H and O–H groups in total. The third-order valence-electron chi connectivity index (χ3n) is 6.43. The fourth-order valence-electron chi connectivity index (χ4n) is 4.76. The number of ether oxygens (including phenoxy) is 4. The summed E-state index contributed by atoms with van der Waals surface area (Å²) in [6.45, 7) is 7.16. The van der Waals surface area contributed by atoms with Crippen LogP contribution in [0.1, 0.15) is 79.8 Å². The van der Waals surface area contributed by atoms with Crippen LogP contribution in [-0.2, 0) is 18.9 Å². The van der Waals surface area contributed by atoms with Gasteiger partial charge in [-0.25, -0.2) is 4.79 Å². The highest BCUT2D eigenvalue weighted by Gasteiger charge is 2.47. The minimum Gasteiger partial charge on any atom is -0.488 e. The second-order valence-electron chi connectivity index (χ2n) is 10.1. The fourth-order valence-corrected chi connectivity index (χ4v) is 4.76. The monoisotopic (exact) mass is 474 g/mol. The molecule has 1 aliphatic carbocycles. The highest BCUT2D eigenvalue weighted by molar-refractivity contribution is 5.87. The van der Waals surface area contributed by atoms with Gasteiger partial charge in [0.1, 0.15) is 23.5 Å². The van der Waals surface area contributed by atoms with Gasteiger partial charge in [0.15, 0.2) is 5.76 Å². The number of likely N-dealkylation sites (N-methyl/N-ethyl adjacent to an activating group) is 1. The topological polar surface area (TPSA) is 99.5 Å². The first-order valence-corrected chi connectivity index (χ1v) is 11.6. The van der Waals surface area contributed by atoms with E-state index in [9.17, 15) is 14.7 Å². The smallest absolute Gasteiger partial charge is 0.341 e. The number of fused-ring (bicyclic) bond motifs is 3. The Morgan fingerprint density at radius 2 is 1.94 bits per heavy atom. The van der Waals surface area contributed by atoms with Crippen LogP contribution in [0.5, 0.6) is 0 Å². The molecule has 186 valence electrons. The first-order valence-electron chi connectivity index (χ1n) is 11.6. The molecule has 0 radical (unpaired) electrons. The lowest BCUT2D eigenvalue weighted by atomic mass is 9.80. The van der Waals surface area contributed by atoms with Gasteiger partial charge in [0, 0.05) is 50.3 Å². The highest BCUT2D eigenvalue weighted by atomic mass is 16.5. The summed E-state index contributed by atoms with van der Waals surface area (Å²) in [5.74, 6) is 0.490. The van der Waals surface area contributed by atoms with E-state index in [2.05, 4.69) is 0 Å². The molecule has 0 aromatic carbocycles. The minimum absolute atomic E-state index is 0.0180. The summed E-state index contributed by atoms with van der Waals surface area (Å²) in [6, 6.07) is 1.05. The Kier molecular flexibility index (Phi) is 6.42. The van der Waals surface area contributed by atoms with Crippen molar-refractivity contribution < 1.29 is 28.8 Å². The summed E-state index contributed by atoms with van der Waals surface area (Å²) in [5, 5.41) is 9.77. The van der Waals surface area contributed by atoms with E-state index in [1.165, 1.54) is 6.07 Å². The standard InChI is InChI=1S/C25H34N2O7/c1-25(2,3)21-15-12-16(24(29)30)22(28)27(14-8-9-14)19(15)20-17(34-21)13-18(23(32-6)26(20)4)33-11-7-10-31-5/h12-14,20-21H,7-11H2,1-6H3,(H,29,30). The first-order chi connectivity index (χ1) is 16.1. The predicted molar refractivity (Wildman–Crippen MR) is 124 cm³/mol. The number of allylic oxidation sites excluding steroid dienone is 1. The largest absolute Gasteiger partial charge is 0.488 e. The van der Waals surface area contributed by atoms with Crippen LogP contribution in [0.2, 0.25) is 0 Å². The van der Waals surface area contributed by atoms with Gasteiger partial charge in [0.25, 0.3) is 5.56 Å². The van der Waals surface area contributed by atoms with Gasteiger partial charge in [0.05, 0.1) is 19.4 Å². The molecule has 1 fully saturated rings. The molecule has 9 heteroatoms. The zero-order valence-corrected chi connectivity index (χ0v) is 20.7. The number of aromatic nitrogens is 1. The van der Waals surface area contributed by atoms with Gasteiger partial charge in [-0.3, -0.25) is 4.79 Å². The zero-order valence-electron chi connectivity index (χ0n) is 20.7. The quantitative estimate of drug-likeness (QED) is 0.569. The van der Waals surface area contributed by atoms with Crippen molar-refractivity contribution in [1.29, 1.82) is 0 Å². The van der Waals surface area contributed by atoms with Crippen LogP contribution >= 0.6 is 0 Å². The van der Waals surface area contributed by atoms with Crippen molar-refractivity contribution in [2.45, 2.75) is 58.2 Å². The Morgan fingerprint density at radius 3 is 2.50 bits per heavy atom. The summed E-state index contributed by atoms with van der Waals surface area (Å²) in [5.41, 5.74) is 0.446. The van der Waals surface area contributed by atoms with Crippen LogP contribution in [0.15, 0.2) is 34.3 Å². The molecule has 0 saturated heterocycles. The molecular weight excluding hydrogens is 440 g/mol. The van der Waals surface area contributed by atoms with E-state index in [1.54, 1.807) is 18.8 Å². The molecule has 2 unspecified atom stereocenters. The maximum atomic E-state index is 13.3. The van der Waals surface area contributed by atoms with Crippen molar-refractivity contribution in [2.24, 2.45) is 5.41 Å². The Hall–Kier alpha value is -2.94. The predicted octanol–water partition coefficient (Wildman–Crippen LogP) is 3.74. The number of hydrogen-bond acceptors (Lipinski definition) is 7. The summed E-state index contributed by atoms with van der Waals surface area (Å²) in [4.78, 5) is 27.2. The maximum Gasteiger partial charge on any atom is 0.341 e. The normalized spacial score (nSPS) is 21.9.